The number of carbonyl (C=O) groups is 2. The van der Waals surface area contributed by atoms with Crippen LogP contribution in [-0.2, 0) is 4.79 Å². The first kappa shape index (κ1) is 14.0. The van der Waals surface area contributed by atoms with E-state index >= 15 is 0 Å². The van der Waals surface area contributed by atoms with Crippen LogP contribution in [0.3, 0.4) is 0 Å². The first-order valence-electron chi connectivity index (χ1n) is 5.57. The van der Waals surface area contributed by atoms with Crippen LogP contribution in [0.2, 0.25) is 0 Å². The molecule has 0 unspecified atom stereocenters. The Kier molecular flexibility index (Phi) is 4.25. The summed E-state index contributed by atoms with van der Waals surface area (Å²) in [5.41, 5.74) is 6.02. The number of rotatable bonds is 5. The predicted molar refractivity (Wildman–Crippen MR) is 67.6 cm³/mol. The van der Waals surface area contributed by atoms with Gasteiger partial charge in [0.25, 0.3) is 0 Å². The van der Waals surface area contributed by atoms with Crippen molar-refractivity contribution in [3.63, 3.8) is 0 Å². The zero-order chi connectivity index (χ0) is 13.9. The maximum atomic E-state index is 11.0. The largest absolute Gasteiger partial charge is 0.478 e. The number of hydrogen-bond donors (Lipinski definition) is 2. The highest BCUT2D eigenvalue weighted by atomic mass is 16.4. The van der Waals surface area contributed by atoms with Gasteiger partial charge in [-0.2, -0.15) is 0 Å². The van der Waals surface area contributed by atoms with E-state index in [-0.39, 0.29) is 18.2 Å². The summed E-state index contributed by atoms with van der Waals surface area (Å²) in [6.07, 6.45) is 1.28. The summed E-state index contributed by atoms with van der Waals surface area (Å²) in [6, 6.07) is 1.57. The number of hydrogen-bond acceptors (Lipinski definition) is 4. The van der Waals surface area contributed by atoms with Crippen molar-refractivity contribution in [2.24, 2.45) is 5.73 Å². The number of anilines is 1. The van der Waals surface area contributed by atoms with Crippen molar-refractivity contribution in [1.29, 1.82) is 0 Å². The van der Waals surface area contributed by atoms with Gasteiger partial charge >= 0.3 is 5.97 Å². The first-order valence-corrected chi connectivity index (χ1v) is 5.57. The number of primary amides is 1. The van der Waals surface area contributed by atoms with E-state index in [4.69, 9.17) is 10.8 Å². The van der Waals surface area contributed by atoms with Gasteiger partial charge in [0, 0.05) is 12.2 Å². The minimum Gasteiger partial charge on any atom is -0.478 e. The fraction of sp³-hybridized carbons (Fsp3) is 0.417. The molecule has 0 radical (unpaired) electrons. The van der Waals surface area contributed by atoms with Gasteiger partial charge in [-0.3, -0.25) is 4.79 Å². The number of carboxylic acid groups (broad SMARTS) is 1. The van der Waals surface area contributed by atoms with Crippen LogP contribution in [0.5, 0.6) is 0 Å². The molecular formula is C12H17N3O3. The SMILES string of the molecule is Cc1cc(C(=O)O)cnc1N(CC(N)=O)C(C)C. The molecule has 0 atom stereocenters. The minimum atomic E-state index is -1.02. The summed E-state index contributed by atoms with van der Waals surface area (Å²) < 4.78 is 0. The van der Waals surface area contributed by atoms with Crippen LogP contribution in [0, 0.1) is 6.92 Å². The molecule has 0 fully saturated rings. The van der Waals surface area contributed by atoms with Gasteiger partial charge < -0.3 is 15.7 Å². The highest BCUT2D eigenvalue weighted by Crippen LogP contribution is 2.19. The van der Waals surface area contributed by atoms with Crippen LogP contribution in [0.15, 0.2) is 12.3 Å². The number of carboxylic acids is 1. The molecule has 0 aliphatic carbocycles. The molecule has 6 heteroatoms. The zero-order valence-electron chi connectivity index (χ0n) is 10.7. The number of nitrogens with two attached hydrogens (primary N) is 1. The molecule has 0 aromatic carbocycles. The molecule has 0 spiro atoms. The van der Waals surface area contributed by atoms with E-state index in [1.54, 1.807) is 11.8 Å². The molecule has 1 aromatic heterocycles. The predicted octanol–water partition coefficient (Wildman–Crippen LogP) is 0.788. The van der Waals surface area contributed by atoms with E-state index in [9.17, 15) is 9.59 Å². The second-order valence-electron chi connectivity index (χ2n) is 4.36. The number of aromatic carboxylic acids is 1. The lowest BCUT2D eigenvalue weighted by Gasteiger charge is -2.27. The lowest BCUT2D eigenvalue weighted by atomic mass is 10.1. The van der Waals surface area contributed by atoms with Crippen LogP contribution in [0.1, 0.15) is 29.8 Å². The van der Waals surface area contributed by atoms with E-state index in [2.05, 4.69) is 4.98 Å². The van der Waals surface area contributed by atoms with E-state index < -0.39 is 11.9 Å². The van der Waals surface area contributed by atoms with Gasteiger partial charge in [-0.1, -0.05) is 0 Å². The Labute approximate surface area is 105 Å². The molecule has 1 heterocycles. The van der Waals surface area contributed by atoms with Gasteiger partial charge in [-0.15, -0.1) is 0 Å². The lowest BCUT2D eigenvalue weighted by molar-refractivity contribution is -0.116. The highest BCUT2D eigenvalue weighted by molar-refractivity contribution is 5.88. The van der Waals surface area contributed by atoms with E-state index in [1.807, 2.05) is 13.8 Å². The number of pyridine rings is 1. The van der Waals surface area contributed by atoms with Crippen molar-refractivity contribution >= 4 is 17.7 Å². The topological polar surface area (TPSA) is 96.5 Å². The molecule has 0 bridgehead atoms. The summed E-state index contributed by atoms with van der Waals surface area (Å²) in [6.45, 7) is 5.63. The Hall–Kier alpha value is -2.11. The number of aryl methyl sites for hydroxylation is 1. The summed E-state index contributed by atoms with van der Waals surface area (Å²) >= 11 is 0. The van der Waals surface area contributed by atoms with Gasteiger partial charge in [0.15, 0.2) is 0 Å². The van der Waals surface area contributed by atoms with Crippen LogP contribution >= 0.6 is 0 Å². The molecule has 1 aromatic rings. The fourth-order valence-electron chi connectivity index (χ4n) is 1.66. The number of aromatic nitrogens is 1. The summed E-state index contributed by atoms with van der Waals surface area (Å²) in [5.74, 6) is -0.899. The van der Waals surface area contributed by atoms with Crippen LogP contribution in [0.4, 0.5) is 5.82 Å². The van der Waals surface area contributed by atoms with Gasteiger partial charge in [-0.25, -0.2) is 9.78 Å². The van der Waals surface area contributed by atoms with Gasteiger partial charge in [0.1, 0.15) is 5.82 Å². The number of nitrogens with zero attached hydrogens (tertiary/aromatic N) is 2. The smallest absolute Gasteiger partial charge is 0.337 e. The van der Waals surface area contributed by atoms with Crippen molar-refractivity contribution < 1.29 is 14.7 Å². The number of amides is 1. The third kappa shape index (κ3) is 3.19. The summed E-state index contributed by atoms with van der Waals surface area (Å²) in [4.78, 5) is 27.7. The van der Waals surface area contributed by atoms with Crippen LogP contribution in [-0.4, -0.2) is 34.6 Å². The molecule has 0 aliphatic heterocycles. The Morgan fingerprint density at radius 2 is 2.11 bits per heavy atom. The molecule has 98 valence electrons. The summed E-state index contributed by atoms with van der Waals surface area (Å²) in [5, 5.41) is 8.87. The zero-order valence-corrected chi connectivity index (χ0v) is 10.7. The fourth-order valence-corrected chi connectivity index (χ4v) is 1.66. The Balaban J connectivity index is 3.13. The molecule has 0 saturated carbocycles. The van der Waals surface area contributed by atoms with E-state index in [0.717, 1.165) is 0 Å². The second kappa shape index (κ2) is 5.48. The minimum absolute atomic E-state index is 0.0411. The molecule has 18 heavy (non-hydrogen) atoms. The van der Waals surface area contributed by atoms with Gasteiger partial charge in [0.05, 0.1) is 12.1 Å². The molecule has 1 rings (SSSR count). The maximum Gasteiger partial charge on any atom is 0.337 e. The molecule has 3 N–H and O–H groups in total. The van der Waals surface area contributed by atoms with Crippen molar-refractivity contribution in [3.05, 3.63) is 23.4 Å². The Morgan fingerprint density at radius 3 is 2.50 bits per heavy atom. The molecule has 0 saturated heterocycles. The van der Waals surface area contributed by atoms with Crippen molar-refractivity contribution in [2.45, 2.75) is 26.8 Å². The monoisotopic (exact) mass is 251 g/mol. The second-order valence-corrected chi connectivity index (χ2v) is 4.36. The van der Waals surface area contributed by atoms with Crippen molar-refractivity contribution in [2.75, 3.05) is 11.4 Å². The Bertz CT molecular complexity index is 472. The third-order valence-corrected chi connectivity index (χ3v) is 2.52. The first-order chi connectivity index (χ1) is 8.32. The van der Waals surface area contributed by atoms with Crippen molar-refractivity contribution in [1.82, 2.24) is 4.98 Å². The van der Waals surface area contributed by atoms with E-state index in [0.29, 0.717) is 11.4 Å². The Morgan fingerprint density at radius 1 is 1.50 bits per heavy atom. The average Bonchev–Trinajstić information content (AvgIpc) is 2.25. The molecule has 6 nitrogen and oxygen atoms in total. The standard InChI is InChI=1S/C12H17N3O3/c1-7(2)15(6-10(13)16)11-8(3)4-9(5-14-11)12(17)18/h4-5,7H,6H2,1-3H3,(H2,13,16)(H,17,18). The van der Waals surface area contributed by atoms with Crippen LogP contribution < -0.4 is 10.6 Å². The normalized spacial score (nSPS) is 10.4. The highest BCUT2D eigenvalue weighted by Gasteiger charge is 2.17. The summed E-state index contributed by atoms with van der Waals surface area (Å²) in [7, 11) is 0. The average molecular weight is 251 g/mol. The third-order valence-electron chi connectivity index (χ3n) is 2.52. The molecular weight excluding hydrogens is 234 g/mol. The quantitative estimate of drug-likeness (QED) is 0.806. The van der Waals surface area contributed by atoms with Gasteiger partial charge in [0.2, 0.25) is 5.91 Å². The molecule has 1 amide bonds. The number of carbonyl (C=O) groups excluding carboxylic acids is 1. The lowest BCUT2D eigenvalue weighted by Crippen LogP contribution is -2.39. The maximum absolute atomic E-state index is 11.0. The van der Waals surface area contributed by atoms with Crippen LogP contribution in [0.25, 0.3) is 0 Å². The van der Waals surface area contributed by atoms with Gasteiger partial charge in [-0.05, 0) is 32.4 Å². The molecule has 0 aliphatic rings. The van der Waals surface area contributed by atoms with Crippen molar-refractivity contribution in [3.8, 4) is 0 Å². The van der Waals surface area contributed by atoms with E-state index in [1.165, 1.54) is 12.3 Å².